The van der Waals surface area contributed by atoms with Crippen molar-refractivity contribution >= 4 is 41.4 Å². The van der Waals surface area contributed by atoms with Crippen molar-refractivity contribution in [2.24, 2.45) is 0 Å². The molecule has 6 atom stereocenters. The lowest BCUT2D eigenvalue weighted by Gasteiger charge is -2.28. The molecular formula is C27H34FN6O6PS. The number of ether oxygens (including phenoxy) is 2. The fourth-order valence-corrected chi connectivity index (χ4v) is 6.72. The van der Waals surface area contributed by atoms with E-state index in [1.54, 1.807) is 77.0 Å². The van der Waals surface area contributed by atoms with Crippen LogP contribution in [0.3, 0.4) is 0 Å². The van der Waals surface area contributed by atoms with Gasteiger partial charge in [0.1, 0.15) is 29.8 Å². The molecule has 1 aliphatic heterocycles. The first-order valence-electron chi connectivity index (χ1n) is 13.1. The molecule has 0 unspecified atom stereocenters. The van der Waals surface area contributed by atoms with Crippen LogP contribution in [0.15, 0.2) is 36.7 Å². The monoisotopic (exact) mass is 620 g/mol. The molecule has 0 aliphatic carbocycles. The largest absolute Gasteiger partial charge is 0.462 e. The first kappa shape index (κ1) is 31.7. The molecule has 1 aromatic carbocycles. The number of imidazole rings is 1. The van der Waals surface area contributed by atoms with E-state index in [0.717, 1.165) is 0 Å². The zero-order valence-electron chi connectivity index (χ0n) is 24.1. The number of alkyl halides is 1. The number of nitrogens with one attached hydrogen (secondary N) is 1. The summed E-state index contributed by atoms with van der Waals surface area (Å²) in [6.45, 7) is 2.78. The Morgan fingerprint density at radius 2 is 2.02 bits per heavy atom. The Morgan fingerprint density at radius 3 is 2.64 bits per heavy atom. The van der Waals surface area contributed by atoms with Crippen molar-refractivity contribution in [1.82, 2.24) is 24.6 Å². The molecule has 12 nitrogen and oxygen atoms in total. The first-order valence-corrected chi connectivity index (χ1v) is 15.8. The van der Waals surface area contributed by atoms with E-state index in [2.05, 4.69) is 26.0 Å². The van der Waals surface area contributed by atoms with Crippen LogP contribution >= 0.6 is 6.64 Å². The summed E-state index contributed by atoms with van der Waals surface area (Å²) in [5, 5.41) is 14.0. The quantitative estimate of drug-likeness (QED) is 0.186. The third-order valence-corrected chi connectivity index (χ3v) is 8.79. The van der Waals surface area contributed by atoms with Gasteiger partial charge in [0.15, 0.2) is 23.2 Å². The third-order valence-electron chi connectivity index (χ3n) is 6.29. The number of fused-ring (bicyclic) bond motifs is 1. The highest BCUT2D eigenvalue weighted by Crippen LogP contribution is 2.48. The van der Waals surface area contributed by atoms with Crippen molar-refractivity contribution in [3.8, 4) is 18.1 Å². The van der Waals surface area contributed by atoms with Gasteiger partial charge in [-0.05, 0) is 51.6 Å². The predicted octanol–water partition coefficient (Wildman–Crippen LogP) is 3.05. The number of carbonyl (C=O) groups excluding carboxylic acids is 1. The molecule has 1 saturated heterocycles. The van der Waals surface area contributed by atoms with E-state index >= 15 is 4.39 Å². The molecule has 2 N–H and O–H groups in total. The van der Waals surface area contributed by atoms with Crippen LogP contribution in [-0.2, 0) is 30.6 Å². The fourth-order valence-electron chi connectivity index (χ4n) is 4.31. The molecule has 1 fully saturated rings. The summed E-state index contributed by atoms with van der Waals surface area (Å²) < 4.78 is 40.9. The van der Waals surface area contributed by atoms with E-state index in [0.29, 0.717) is 22.9 Å². The van der Waals surface area contributed by atoms with Gasteiger partial charge < -0.3 is 28.5 Å². The highest BCUT2D eigenvalue weighted by Gasteiger charge is 2.58. The van der Waals surface area contributed by atoms with Gasteiger partial charge in [-0.15, -0.1) is 6.42 Å². The molecule has 4 rings (SSSR count). The lowest BCUT2D eigenvalue weighted by Crippen LogP contribution is -2.42. The highest BCUT2D eigenvalue weighted by molar-refractivity contribution is 8.09. The zero-order chi connectivity index (χ0) is 30.8. The molecule has 15 heteroatoms. The molecule has 3 aromatic rings. The third kappa shape index (κ3) is 6.57. The van der Waals surface area contributed by atoms with E-state index in [1.807, 2.05) is 0 Å². The van der Waals surface area contributed by atoms with Crippen molar-refractivity contribution in [2.75, 3.05) is 25.6 Å². The molecule has 0 bridgehead atoms. The number of benzene rings is 1. The highest BCUT2D eigenvalue weighted by atomic mass is 32.5. The number of hydrogen-bond donors (Lipinski definition) is 2. The van der Waals surface area contributed by atoms with Gasteiger partial charge in [-0.1, -0.05) is 24.1 Å². The average Bonchev–Trinajstić information content (AvgIpc) is 3.45. The second kappa shape index (κ2) is 12.6. The van der Waals surface area contributed by atoms with Crippen LogP contribution in [0.1, 0.15) is 32.8 Å². The molecular weight excluding hydrogens is 586 g/mol. The molecule has 1 aliphatic rings. The van der Waals surface area contributed by atoms with Crippen LogP contribution in [0.25, 0.3) is 11.2 Å². The number of carbonyl (C=O) groups is 1. The molecule has 0 radical (unpaired) electrons. The van der Waals surface area contributed by atoms with Gasteiger partial charge in [0.05, 0.1) is 19.0 Å². The van der Waals surface area contributed by atoms with E-state index in [4.69, 9.17) is 36.8 Å². The van der Waals surface area contributed by atoms with Gasteiger partial charge in [-0.3, -0.25) is 9.36 Å². The van der Waals surface area contributed by atoms with Gasteiger partial charge in [0.2, 0.25) is 5.67 Å². The molecule has 2 aromatic heterocycles. The number of aliphatic hydroxyl groups excluding tert-OH is 1. The minimum absolute atomic E-state index is 0.277. The zero-order valence-corrected chi connectivity index (χ0v) is 25.8. The van der Waals surface area contributed by atoms with Crippen molar-refractivity contribution in [1.29, 1.82) is 0 Å². The van der Waals surface area contributed by atoms with E-state index in [1.165, 1.54) is 10.9 Å². The fraction of sp³-hybridized carbons (Fsp3) is 0.481. The minimum atomic E-state index is -3.50. The van der Waals surface area contributed by atoms with E-state index in [-0.39, 0.29) is 11.8 Å². The summed E-state index contributed by atoms with van der Waals surface area (Å²) in [4.78, 5) is 27.4. The molecule has 42 heavy (non-hydrogen) atoms. The maximum Gasteiger partial charge on any atom is 0.323 e. The van der Waals surface area contributed by atoms with Crippen molar-refractivity contribution in [3.63, 3.8) is 0 Å². The number of hydrogen-bond acceptors (Lipinski definition) is 11. The van der Waals surface area contributed by atoms with E-state index in [9.17, 15) is 9.90 Å². The molecule has 226 valence electrons. The van der Waals surface area contributed by atoms with Crippen molar-refractivity contribution in [2.45, 2.75) is 63.9 Å². The molecule has 3 heterocycles. The van der Waals surface area contributed by atoms with Crippen LogP contribution < -0.4 is 14.5 Å². The van der Waals surface area contributed by atoms with Crippen LogP contribution in [-0.4, -0.2) is 81.3 Å². The maximum absolute atomic E-state index is 16.3. The van der Waals surface area contributed by atoms with Crippen molar-refractivity contribution < 1.29 is 32.8 Å². The number of anilines is 1. The van der Waals surface area contributed by atoms with Gasteiger partial charge in [-0.2, -0.15) is 0 Å². The Hall–Kier alpha value is -3.18. The SMILES string of the molecule is C#C[C@@]1(F)[C@H](O)[C@@H](CO[P@](=S)(N[C@@H](C)C(=O)OC(C)C)Oc2ccccc2)O[C@H]1n1cnc2c(N(C)C)nc(C)nc21. The minimum Gasteiger partial charge on any atom is -0.462 e. The Balaban J connectivity index is 1.61. The summed E-state index contributed by atoms with van der Waals surface area (Å²) in [6, 6.07) is 7.72. The first-order chi connectivity index (χ1) is 19.8. The lowest BCUT2D eigenvalue weighted by atomic mass is 9.97. The number of esters is 1. The van der Waals surface area contributed by atoms with Crippen molar-refractivity contribution in [3.05, 3.63) is 42.5 Å². The predicted molar refractivity (Wildman–Crippen MR) is 158 cm³/mol. The normalized spacial score (nSPS) is 24.2. The van der Waals surface area contributed by atoms with Crippen LogP contribution in [0.4, 0.5) is 10.2 Å². The number of aliphatic hydroxyl groups is 1. The van der Waals surface area contributed by atoms with Crippen LogP contribution in [0, 0.1) is 19.3 Å². The second-order valence-electron chi connectivity index (χ2n) is 10.2. The molecule has 0 saturated carbocycles. The number of halogens is 1. The van der Waals surface area contributed by atoms with Crippen LogP contribution in [0.2, 0.25) is 0 Å². The smallest absolute Gasteiger partial charge is 0.323 e. The lowest BCUT2D eigenvalue weighted by molar-refractivity contribution is -0.149. The molecule has 0 amide bonds. The Bertz CT molecular complexity index is 1520. The van der Waals surface area contributed by atoms with Gasteiger partial charge in [-0.25, -0.2) is 24.4 Å². The number of aromatic nitrogens is 4. The second-order valence-corrected chi connectivity index (χ2v) is 13.4. The number of rotatable bonds is 11. The summed E-state index contributed by atoms with van der Waals surface area (Å²) >= 11 is 5.72. The Labute approximate surface area is 248 Å². The summed E-state index contributed by atoms with van der Waals surface area (Å²) in [5.74, 6) is 2.81. The Kier molecular flexibility index (Phi) is 9.52. The number of nitrogens with zero attached hydrogens (tertiary/aromatic N) is 5. The molecule has 0 spiro atoms. The van der Waals surface area contributed by atoms with E-state index < -0.39 is 49.4 Å². The summed E-state index contributed by atoms with van der Waals surface area (Å²) in [7, 11) is 3.59. The topological polar surface area (TPSA) is 133 Å². The standard InChI is InChI=1S/C27H34FN6O6PS/c1-8-27(28)22(35)20(39-26(27)34-15-29-21-23(33(6)7)30-18(5)31-24(21)34)14-37-41(42,40-19-12-10-9-11-13-19)32-17(4)25(36)38-16(2)3/h1,9-13,15-17,20,22,26,35H,14H2,2-7H3,(H,32,42)/t17-,20+,22+,26+,27+,41+/m0/s1. The van der Waals surface area contributed by atoms with Gasteiger partial charge in [0, 0.05) is 14.1 Å². The average molecular weight is 621 g/mol. The van der Waals surface area contributed by atoms with Gasteiger partial charge >= 0.3 is 12.6 Å². The summed E-state index contributed by atoms with van der Waals surface area (Å²) in [5.41, 5.74) is -2.00. The number of terminal acetylenes is 1. The Morgan fingerprint density at radius 1 is 1.33 bits per heavy atom. The maximum atomic E-state index is 16.3. The summed E-state index contributed by atoms with van der Waals surface area (Å²) in [6.07, 6.45) is 2.01. The van der Waals surface area contributed by atoms with Gasteiger partial charge in [0.25, 0.3) is 0 Å². The van der Waals surface area contributed by atoms with Crippen LogP contribution in [0.5, 0.6) is 5.75 Å². The number of para-hydroxylation sites is 1. The number of aryl methyl sites for hydroxylation is 1.